The van der Waals surface area contributed by atoms with Crippen LogP contribution in [0.4, 0.5) is 0 Å². The molecule has 2 atom stereocenters. The van der Waals surface area contributed by atoms with Crippen LogP contribution in [-0.2, 0) is 6.54 Å². The Bertz CT molecular complexity index is 434. The highest BCUT2D eigenvalue weighted by atomic mass is 32.1. The lowest BCUT2D eigenvalue weighted by Crippen LogP contribution is -2.38. The van der Waals surface area contributed by atoms with Crippen molar-refractivity contribution in [2.45, 2.75) is 33.7 Å². The van der Waals surface area contributed by atoms with Gasteiger partial charge >= 0.3 is 5.97 Å². The Morgan fingerprint density at radius 2 is 2.06 bits per heavy atom. The van der Waals surface area contributed by atoms with E-state index in [0.29, 0.717) is 22.4 Å². The second-order valence-electron chi connectivity index (χ2n) is 5.47. The van der Waals surface area contributed by atoms with E-state index < -0.39 is 5.97 Å². The third kappa shape index (κ3) is 3.09. The highest BCUT2D eigenvalue weighted by molar-refractivity contribution is 7.13. The van der Waals surface area contributed by atoms with E-state index in [1.807, 2.05) is 0 Å². The second kappa shape index (κ2) is 5.36. The van der Waals surface area contributed by atoms with Gasteiger partial charge in [-0.05, 0) is 25.2 Å². The first-order chi connectivity index (χ1) is 8.45. The van der Waals surface area contributed by atoms with Crippen molar-refractivity contribution >= 4 is 17.3 Å². The van der Waals surface area contributed by atoms with Crippen LogP contribution in [0.25, 0.3) is 0 Å². The molecule has 100 valence electrons. The zero-order valence-electron chi connectivity index (χ0n) is 11.1. The lowest BCUT2D eigenvalue weighted by Gasteiger charge is -2.34. The van der Waals surface area contributed by atoms with E-state index in [1.54, 1.807) is 6.92 Å². The van der Waals surface area contributed by atoms with E-state index in [0.717, 1.165) is 24.6 Å². The number of hydrogen-bond donors (Lipinski definition) is 1. The average molecular weight is 268 g/mol. The monoisotopic (exact) mass is 268 g/mol. The van der Waals surface area contributed by atoms with Gasteiger partial charge in [-0.1, -0.05) is 13.8 Å². The van der Waals surface area contributed by atoms with Gasteiger partial charge in [0.2, 0.25) is 0 Å². The molecule has 1 aromatic rings. The van der Waals surface area contributed by atoms with Gasteiger partial charge in [0.15, 0.2) is 0 Å². The number of carboxylic acids is 1. The number of hydrogen-bond acceptors (Lipinski definition) is 4. The Morgan fingerprint density at radius 3 is 2.56 bits per heavy atom. The van der Waals surface area contributed by atoms with Gasteiger partial charge in [-0.25, -0.2) is 9.78 Å². The molecule has 0 spiro atoms. The molecular formula is C13H20N2O2S. The van der Waals surface area contributed by atoms with Crippen LogP contribution in [0, 0.1) is 18.8 Å². The molecule has 2 rings (SSSR count). The van der Waals surface area contributed by atoms with Crippen molar-refractivity contribution in [3.8, 4) is 0 Å². The first kappa shape index (κ1) is 13.5. The molecule has 1 fully saturated rings. The third-order valence-electron chi connectivity index (χ3n) is 3.34. The van der Waals surface area contributed by atoms with Crippen LogP contribution in [0.5, 0.6) is 0 Å². The molecule has 5 heteroatoms. The third-order valence-corrected chi connectivity index (χ3v) is 4.47. The number of aromatic carboxylic acids is 1. The Kier molecular flexibility index (Phi) is 4.02. The second-order valence-corrected chi connectivity index (χ2v) is 6.55. The summed E-state index contributed by atoms with van der Waals surface area (Å²) >= 11 is 1.31. The van der Waals surface area contributed by atoms with Crippen molar-refractivity contribution in [3.05, 3.63) is 15.6 Å². The quantitative estimate of drug-likeness (QED) is 0.915. The largest absolute Gasteiger partial charge is 0.477 e. The number of nitrogens with zero attached hydrogens (tertiary/aromatic N) is 2. The smallest absolute Gasteiger partial charge is 0.347 e. The summed E-state index contributed by atoms with van der Waals surface area (Å²) in [5.41, 5.74) is 0.639. The highest BCUT2D eigenvalue weighted by Gasteiger charge is 2.23. The molecule has 0 amide bonds. The Morgan fingerprint density at radius 1 is 1.44 bits per heavy atom. The maximum absolute atomic E-state index is 11.0. The predicted octanol–water partition coefficient (Wildman–Crippen LogP) is 2.63. The average Bonchev–Trinajstić information content (AvgIpc) is 2.57. The molecule has 4 nitrogen and oxygen atoms in total. The van der Waals surface area contributed by atoms with Crippen molar-refractivity contribution < 1.29 is 9.90 Å². The van der Waals surface area contributed by atoms with Crippen LogP contribution in [0.15, 0.2) is 0 Å². The van der Waals surface area contributed by atoms with Crippen LogP contribution in [0.1, 0.15) is 40.6 Å². The number of carbonyl (C=O) groups is 1. The fourth-order valence-electron chi connectivity index (χ4n) is 2.83. The van der Waals surface area contributed by atoms with E-state index in [4.69, 9.17) is 5.11 Å². The summed E-state index contributed by atoms with van der Waals surface area (Å²) in [7, 11) is 0. The minimum Gasteiger partial charge on any atom is -0.477 e. The summed E-state index contributed by atoms with van der Waals surface area (Å²) in [6, 6.07) is 0. The van der Waals surface area contributed by atoms with Crippen LogP contribution < -0.4 is 0 Å². The standard InChI is InChI=1S/C13H20N2O2S/c1-8-4-9(2)6-15(5-8)7-11-14-10(3)12(18-11)13(16)17/h8-9H,4-7H2,1-3H3,(H,16,17). The lowest BCUT2D eigenvalue weighted by atomic mass is 9.92. The highest BCUT2D eigenvalue weighted by Crippen LogP contribution is 2.25. The molecule has 18 heavy (non-hydrogen) atoms. The van der Waals surface area contributed by atoms with Crippen molar-refractivity contribution in [2.75, 3.05) is 13.1 Å². The van der Waals surface area contributed by atoms with Gasteiger partial charge in [0.1, 0.15) is 9.88 Å². The summed E-state index contributed by atoms with van der Waals surface area (Å²) in [6.45, 7) is 9.28. The number of rotatable bonds is 3. The zero-order valence-corrected chi connectivity index (χ0v) is 12.0. The molecule has 0 aliphatic carbocycles. The Hall–Kier alpha value is -0.940. The first-order valence-corrected chi connectivity index (χ1v) is 7.19. The molecule has 1 aliphatic heterocycles. The predicted molar refractivity (Wildman–Crippen MR) is 72.0 cm³/mol. The number of aromatic nitrogens is 1. The fourth-order valence-corrected chi connectivity index (χ4v) is 3.78. The number of aryl methyl sites for hydroxylation is 1. The van der Waals surface area contributed by atoms with Gasteiger partial charge in [-0.15, -0.1) is 11.3 Å². The number of piperidine rings is 1. The molecule has 0 aromatic carbocycles. The van der Waals surface area contributed by atoms with Crippen LogP contribution in [-0.4, -0.2) is 34.0 Å². The van der Waals surface area contributed by atoms with Gasteiger partial charge in [-0.2, -0.15) is 0 Å². The molecule has 2 heterocycles. The fraction of sp³-hybridized carbons (Fsp3) is 0.692. The van der Waals surface area contributed by atoms with E-state index >= 15 is 0 Å². The van der Waals surface area contributed by atoms with E-state index in [-0.39, 0.29) is 0 Å². The topological polar surface area (TPSA) is 53.4 Å². The molecular weight excluding hydrogens is 248 g/mol. The summed E-state index contributed by atoms with van der Waals surface area (Å²) in [6.07, 6.45) is 1.29. The van der Waals surface area contributed by atoms with Gasteiger partial charge in [-0.3, -0.25) is 4.90 Å². The minimum absolute atomic E-state index is 0.378. The first-order valence-electron chi connectivity index (χ1n) is 6.37. The van der Waals surface area contributed by atoms with Crippen molar-refractivity contribution in [3.63, 3.8) is 0 Å². The lowest BCUT2D eigenvalue weighted by molar-refractivity contribution is 0.0701. The van der Waals surface area contributed by atoms with Crippen molar-refractivity contribution in [2.24, 2.45) is 11.8 Å². The van der Waals surface area contributed by atoms with Gasteiger partial charge in [0.05, 0.1) is 12.2 Å². The maximum Gasteiger partial charge on any atom is 0.347 e. The molecule has 0 radical (unpaired) electrons. The van der Waals surface area contributed by atoms with Crippen LogP contribution in [0.3, 0.4) is 0 Å². The summed E-state index contributed by atoms with van der Waals surface area (Å²) < 4.78 is 0. The molecule has 0 saturated carbocycles. The normalized spacial score (nSPS) is 25.3. The molecule has 1 aliphatic rings. The van der Waals surface area contributed by atoms with E-state index in [9.17, 15) is 4.79 Å². The van der Waals surface area contributed by atoms with E-state index in [2.05, 4.69) is 23.7 Å². The van der Waals surface area contributed by atoms with Gasteiger partial charge in [0.25, 0.3) is 0 Å². The molecule has 1 saturated heterocycles. The van der Waals surface area contributed by atoms with Crippen molar-refractivity contribution in [1.29, 1.82) is 0 Å². The minimum atomic E-state index is -0.864. The number of carboxylic acid groups (broad SMARTS) is 1. The maximum atomic E-state index is 11.0. The number of likely N-dealkylation sites (tertiary alicyclic amines) is 1. The van der Waals surface area contributed by atoms with Gasteiger partial charge in [0, 0.05) is 13.1 Å². The van der Waals surface area contributed by atoms with Crippen LogP contribution in [0.2, 0.25) is 0 Å². The zero-order chi connectivity index (χ0) is 13.3. The Balaban J connectivity index is 2.05. The van der Waals surface area contributed by atoms with Gasteiger partial charge < -0.3 is 5.11 Å². The molecule has 0 bridgehead atoms. The summed E-state index contributed by atoms with van der Waals surface area (Å²) in [4.78, 5) is 18.1. The number of thiazole rings is 1. The SMILES string of the molecule is Cc1nc(CN2CC(C)CC(C)C2)sc1C(=O)O. The molecule has 1 N–H and O–H groups in total. The van der Waals surface area contributed by atoms with E-state index in [1.165, 1.54) is 17.8 Å². The summed E-state index contributed by atoms with van der Waals surface area (Å²) in [5.74, 6) is 0.569. The molecule has 1 aromatic heterocycles. The van der Waals surface area contributed by atoms with Crippen LogP contribution >= 0.6 is 11.3 Å². The van der Waals surface area contributed by atoms with Crippen molar-refractivity contribution in [1.82, 2.24) is 9.88 Å². The molecule has 2 unspecified atom stereocenters. The summed E-state index contributed by atoms with van der Waals surface area (Å²) in [5, 5.41) is 9.95. The Labute approximate surface area is 112 Å².